The van der Waals surface area contributed by atoms with Crippen LogP contribution in [0.2, 0.25) is 0 Å². The second kappa shape index (κ2) is 10.2. The van der Waals surface area contributed by atoms with Gasteiger partial charge in [0, 0.05) is 16.2 Å². The molecule has 7 nitrogen and oxygen atoms in total. The van der Waals surface area contributed by atoms with E-state index < -0.39 is 30.5 Å². The summed E-state index contributed by atoms with van der Waals surface area (Å²) < 4.78 is 0.887. The number of amides is 3. The number of nitrogens with one attached hydrogen (secondary N) is 2. The molecule has 3 N–H and O–H groups in total. The number of hydrogen-bond donors (Lipinski definition) is 3. The monoisotopic (exact) mass is 427 g/mol. The van der Waals surface area contributed by atoms with Crippen LogP contribution in [0.4, 0.5) is 10.5 Å². The zero-order valence-corrected chi connectivity index (χ0v) is 17.0. The number of carboxylic acids is 1. The molecule has 3 amide bonds. The number of urea groups is 1. The molecule has 1 rings (SSSR count). The number of carboxylic acid groups (broad SMARTS) is 1. The fraction of sp³-hybridized carbons (Fsp3) is 0.500. The van der Waals surface area contributed by atoms with Crippen LogP contribution in [0.3, 0.4) is 0 Å². The number of nitrogens with zero attached hydrogens (tertiary/aromatic N) is 1. The van der Waals surface area contributed by atoms with Crippen LogP contribution in [-0.2, 0) is 9.59 Å². The maximum absolute atomic E-state index is 12.8. The number of anilines is 1. The Balaban J connectivity index is 2.86. The van der Waals surface area contributed by atoms with Gasteiger partial charge in [-0.15, -0.1) is 0 Å². The van der Waals surface area contributed by atoms with Crippen molar-refractivity contribution in [3.63, 3.8) is 0 Å². The maximum Gasteiger partial charge on any atom is 0.323 e. The molecule has 0 saturated carbocycles. The van der Waals surface area contributed by atoms with E-state index in [1.165, 1.54) is 4.90 Å². The van der Waals surface area contributed by atoms with Crippen LogP contribution in [-0.4, -0.2) is 46.5 Å². The van der Waals surface area contributed by atoms with E-state index >= 15 is 0 Å². The van der Waals surface area contributed by atoms with Gasteiger partial charge in [-0.05, 0) is 50.5 Å². The van der Waals surface area contributed by atoms with Crippen LogP contribution in [0.25, 0.3) is 0 Å². The fourth-order valence-corrected chi connectivity index (χ4v) is 2.68. The predicted molar refractivity (Wildman–Crippen MR) is 104 cm³/mol. The Morgan fingerprint density at radius 3 is 2.15 bits per heavy atom. The molecule has 0 bridgehead atoms. The first-order chi connectivity index (χ1) is 12.1. The predicted octanol–water partition coefficient (Wildman–Crippen LogP) is 3.31. The summed E-state index contributed by atoms with van der Waals surface area (Å²) in [6.45, 7) is 6.96. The molecule has 0 radical (unpaired) electrons. The summed E-state index contributed by atoms with van der Waals surface area (Å²) in [7, 11) is 0. The van der Waals surface area contributed by atoms with Crippen LogP contribution in [0.5, 0.6) is 0 Å². The summed E-state index contributed by atoms with van der Waals surface area (Å²) in [4.78, 5) is 37.4. The van der Waals surface area contributed by atoms with E-state index in [9.17, 15) is 14.4 Å². The molecule has 144 valence electrons. The van der Waals surface area contributed by atoms with Crippen molar-refractivity contribution < 1.29 is 19.5 Å². The Kier molecular flexibility index (Phi) is 8.57. The largest absolute Gasteiger partial charge is 0.480 e. The standard InChI is InChI=1S/C18H26BrN3O4/c1-11(2)9-15(17(25)22(12(3)4)10-16(23)24)21-18(26)20-14-7-5-13(19)6-8-14/h5-8,11-12,15H,9-10H2,1-4H3,(H,23,24)(H2,20,21,26)/t15-/m0/s1. The van der Waals surface area contributed by atoms with Gasteiger partial charge in [-0.1, -0.05) is 29.8 Å². The van der Waals surface area contributed by atoms with Gasteiger partial charge in [0.2, 0.25) is 5.91 Å². The Hall–Kier alpha value is -2.09. The van der Waals surface area contributed by atoms with E-state index in [1.54, 1.807) is 38.1 Å². The molecular weight excluding hydrogens is 402 g/mol. The highest BCUT2D eigenvalue weighted by Crippen LogP contribution is 2.15. The zero-order chi connectivity index (χ0) is 19.9. The van der Waals surface area contributed by atoms with Crippen molar-refractivity contribution in [1.82, 2.24) is 10.2 Å². The Morgan fingerprint density at radius 1 is 1.12 bits per heavy atom. The van der Waals surface area contributed by atoms with Gasteiger partial charge in [0.1, 0.15) is 12.6 Å². The van der Waals surface area contributed by atoms with Crippen molar-refractivity contribution in [1.29, 1.82) is 0 Å². The van der Waals surface area contributed by atoms with Crippen LogP contribution in [0.15, 0.2) is 28.7 Å². The Labute approximate surface area is 162 Å². The molecule has 0 aliphatic heterocycles. The first kappa shape index (κ1) is 22.0. The van der Waals surface area contributed by atoms with Crippen molar-refractivity contribution in [2.24, 2.45) is 5.92 Å². The molecule has 0 saturated heterocycles. The van der Waals surface area contributed by atoms with Crippen molar-refractivity contribution in [3.8, 4) is 0 Å². The van der Waals surface area contributed by atoms with E-state index in [2.05, 4.69) is 26.6 Å². The van der Waals surface area contributed by atoms with E-state index in [-0.39, 0.29) is 12.0 Å². The smallest absolute Gasteiger partial charge is 0.323 e. The lowest BCUT2D eigenvalue weighted by molar-refractivity contribution is -0.146. The van der Waals surface area contributed by atoms with E-state index in [1.807, 2.05) is 13.8 Å². The summed E-state index contributed by atoms with van der Waals surface area (Å²) in [6, 6.07) is 5.45. The number of aliphatic carboxylic acids is 1. The van der Waals surface area contributed by atoms with Gasteiger partial charge in [-0.3, -0.25) is 9.59 Å². The number of benzene rings is 1. The van der Waals surface area contributed by atoms with E-state index in [0.717, 1.165) is 4.47 Å². The molecule has 0 fully saturated rings. The summed E-state index contributed by atoms with van der Waals surface area (Å²) in [5.41, 5.74) is 0.590. The van der Waals surface area contributed by atoms with Gasteiger partial charge in [-0.25, -0.2) is 4.79 Å². The lowest BCUT2D eigenvalue weighted by Gasteiger charge is -2.30. The molecule has 0 aliphatic carbocycles. The molecule has 0 unspecified atom stereocenters. The van der Waals surface area contributed by atoms with Gasteiger partial charge < -0.3 is 20.6 Å². The minimum absolute atomic E-state index is 0.149. The number of carbonyl (C=O) groups is 3. The molecule has 0 spiro atoms. The first-order valence-corrected chi connectivity index (χ1v) is 9.24. The molecule has 8 heteroatoms. The fourth-order valence-electron chi connectivity index (χ4n) is 2.41. The lowest BCUT2D eigenvalue weighted by atomic mass is 10.0. The summed E-state index contributed by atoms with van der Waals surface area (Å²) in [6.07, 6.45) is 0.412. The summed E-state index contributed by atoms with van der Waals surface area (Å²) in [5.74, 6) is -1.34. The zero-order valence-electron chi connectivity index (χ0n) is 15.5. The average Bonchev–Trinajstić information content (AvgIpc) is 2.52. The quantitative estimate of drug-likeness (QED) is 0.592. The first-order valence-electron chi connectivity index (χ1n) is 8.45. The molecular formula is C18H26BrN3O4. The van der Waals surface area contributed by atoms with Gasteiger partial charge in [0.15, 0.2) is 0 Å². The van der Waals surface area contributed by atoms with E-state index in [0.29, 0.717) is 12.1 Å². The van der Waals surface area contributed by atoms with Gasteiger partial charge in [0.05, 0.1) is 0 Å². The maximum atomic E-state index is 12.8. The van der Waals surface area contributed by atoms with Gasteiger partial charge in [0.25, 0.3) is 0 Å². The Morgan fingerprint density at radius 2 is 1.69 bits per heavy atom. The molecule has 0 aliphatic rings. The number of halogens is 1. The molecule has 1 atom stereocenters. The minimum Gasteiger partial charge on any atom is -0.480 e. The normalized spacial score (nSPS) is 12.0. The van der Waals surface area contributed by atoms with Crippen molar-refractivity contribution >= 4 is 39.5 Å². The van der Waals surface area contributed by atoms with Gasteiger partial charge in [-0.2, -0.15) is 0 Å². The van der Waals surface area contributed by atoms with Crippen molar-refractivity contribution in [2.75, 3.05) is 11.9 Å². The van der Waals surface area contributed by atoms with Crippen LogP contribution in [0, 0.1) is 5.92 Å². The summed E-state index contributed by atoms with van der Waals surface area (Å²) in [5, 5.41) is 14.4. The molecule has 1 aromatic carbocycles. The summed E-state index contributed by atoms with van der Waals surface area (Å²) >= 11 is 3.32. The third-order valence-electron chi connectivity index (χ3n) is 3.62. The molecule has 1 aromatic rings. The second-order valence-corrected chi connectivity index (χ2v) is 7.66. The van der Waals surface area contributed by atoms with Crippen LogP contribution in [0.1, 0.15) is 34.1 Å². The number of rotatable bonds is 8. The SMILES string of the molecule is CC(C)C[C@H](NC(=O)Nc1ccc(Br)cc1)C(=O)N(CC(=O)O)C(C)C. The third-order valence-corrected chi connectivity index (χ3v) is 4.15. The second-order valence-electron chi connectivity index (χ2n) is 6.74. The molecule has 26 heavy (non-hydrogen) atoms. The number of hydrogen-bond acceptors (Lipinski definition) is 3. The van der Waals surface area contributed by atoms with Crippen molar-refractivity contribution in [3.05, 3.63) is 28.7 Å². The average molecular weight is 428 g/mol. The highest BCUT2D eigenvalue weighted by atomic mass is 79.9. The minimum atomic E-state index is -1.09. The number of carbonyl (C=O) groups excluding carboxylic acids is 2. The van der Waals surface area contributed by atoms with Crippen LogP contribution >= 0.6 is 15.9 Å². The lowest BCUT2D eigenvalue weighted by Crippen LogP contribution is -2.53. The van der Waals surface area contributed by atoms with Crippen molar-refractivity contribution in [2.45, 2.75) is 46.2 Å². The van der Waals surface area contributed by atoms with Crippen LogP contribution < -0.4 is 10.6 Å². The topological polar surface area (TPSA) is 98.7 Å². The highest BCUT2D eigenvalue weighted by molar-refractivity contribution is 9.10. The third kappa shape index (κ3) is 7.43. The highest BCUT2D eigenvalue weighted by Gasteiger charge is 2.29. The Bertz CT molecular complexity index is 632. The molecule has 0 aromatic heterocycles. The van der Waals surface area contributed by atoms with E-state index in [4.69, 9.17) is 5.11 Å². The molecule has 0 heterocycles. The van der Waals surface area contributed by atoms with Gasteiger partial charge >= 0.3 is 12.0 Å².